The van der Waals surface area contributed by atoms with Crippen LogP contribution in [0, 0.1) is 5.82 Å². The largest absolute Gasteiger partial charge is 0.337 e. The Bertz CT molecular complexity index is 496. The summed E-state index contributed by atoms with van der Waals surface area (Å²) < 4.78 is 14.3. The molecule has 0 saturated carbocycles. The number of nitrogens with zero attached hydrogens (tertiary/aromatic N) is 2. The van der Waals surface area contributed by atoms with Crippen LogP contribution in [0.5, 0.6) is 0 Å². The van der Waals surface area contributed by atoms with Crippen molar-refractivity contribution in [1.29, 1.82) is 0 Å². The molecule has 1 aromatic rings. The lowest BCUT2D eigenvalue weighted by molar-refractivity contribution is -0.127. The molecule has 102 valence electrons. The van der Waals surface area contributed by atoms with Crippen LogP contribution in [0.3, 0.4) is 0 Å². The molecular weight excluding hydrogens is 311 g/mol. The third-order valence-electron chi connectivity index (χ3n) is 3.18. The Kier molecular flexibility index (Phi) is 4.71. The molecule has 3 nitrogen and oxygen atoms in total. The van der Waals surface area contributed by atoms with Gasteiger partial charge in [-0.2, -0.15) is 0 Å². The highest BCUT2D eigenvalue weighted by Crippen LogP contribution is 2.16. The molecule has 1 aliphatic heterocycles. The van der Waals surface area contributed by atoms with Gasteiger partial charge in [0, 0.05) is 42.3 Å². The van der Waals surface area contributed by atoms with Crippen molar-refractivity contribution in [3.8, 4) is 0 Å². The zero-order valence-corrected chi connectivity index (χ0v) is 12.4. The van der Waals surface area contributed by atoms with E-state index in [9.17, 15) is 9.18 Å². The Balaban J connectivity index is 2.02. The highest BCUT2D eigenvalue weighted by molar-refractivity contribution is 9.10. The summed E-state index contributed by atoms with van der Waals surface area (Å²) in [5.41, 5.74) is 0.414. The highest BCUT2D eigenvalue weighted by atomic mass is 79.9. The first kappa shape index (κ1) is 14.2. The van der Waals surface area contributed by atoms with Crippen molar-refractivity contribution in [1.82, 2.24) is 9.80 Å². The number of carbonyl (C=O) groups excluding carboxylic acids is 1. The van der Waals surface area contributed by atoms with Gasteiger partial charge in [0.2, 0.25) is 5.91 Å². The normalized spacial score (nSPS) is 17.1. The number of hydrogen-bond donors (Lipinski definition) is 0. The molecule has 5 heteroatoms. The molecule has 0 atom stereocenters. The second-order valence-electron chi connectivity index (χ2n) is 4.63. The Morgan fingerprint density at radius 2 is 2.00 bits per heavy atom. The van der Waals surface area contributed by atoms with Crippen LogP contribution in [0.2, 0.25) is 0 Å². The van der Waals surface area contributed by atoms with Gasteiger partial charge in [-0.3, -0.25) is 4.79 Å². The number of rotatable bonds is 2. The van der Waals surface area contributed by atoms with Crippen LogP contribution in [0.4, 0.5) is 4.39 Å². The van der Waals surface area contributed by atoms with E-state index in [-0.39, 0.29) is 11.7 Å². The van der Waals surface area contributed by atoms with Gasteiger partial charge in [-0.25, -0.2) is 4.39 Å². The lowest BCUT2D eigenvalue weighted by atomic mass is 10.2. The molecule has 1 saturated heterocycles. The van der Waals surface area contributed by atoms with Crippen LogP contribution in [-0.4, -0.2) is 48.9 Å². The molecule has 0 bridgehead atoms. The van der Waals surface area contributed by atoms with Gasteiger partial charge in [0.25, 0.3) is 0 Å². The topological polar surface area (TPSA) is 23.6 Å². The summed E-state index contributed by atoms with van der Waals surface area (Å²) in [7, 11) is 2.04. The van der Waals surface area contributed by atoms with E-state index in [1.54, 1.807) is 17.0 Å². The van der Waals surface area contributed by atoms with Crippen LogP contribution in [0.1, 0.15) is 5.56 Å². The summed E-state index contributed by atoms with van der Waals surface area (Å²) in [5.74, 6) is -0.391. The first-order valence-corrected chi connectivity index (χ1v) is 6.96. The zero-order valence-electron chi connectivity index (χ0n) is 10.8. The molecule has 1 aliphatic rings. The van der Waals surface area contributed by atoms with E-state index >= 15 is 0 Å². The summed E-state index contributed by atoms with van der Waals surface area (Å²) in [5, 5.41) is 0. The van der Waals surface area contributed by atoms with Crippen molar-refractivity contribution < 1.29 is 9.18 Å². The minimum absolute atomic E-state index is 0.0625. The average Bonchev–Trinajstić information content (AvgIpc) is 2.40. The summed E-state index contributed by atoms with van der Waals surface area (Å²) in [4.78, 5) is 15.9. The van der Waals surface area contributed by atoms with E-state index in [1.165, 1.54) is 18.2 Å². The van der Waals surface area contributed by atoms with Gasteiger partial charge in [0.1, 0.15) is 5.82 Å². The molecule has 19 heavy (non-hydrogen) atoms. The standard InChI is InChI=1S/C14H16BrFN2O/c1-17-6-8-18(9-7-17)14(19)5-2-11-10-12(15)3-4-13(11)16/h2-5,10H,6-9H2,1H3/b5-2+. The number of carbonyl (C=O) groups is 1. The first-order chi connectivity index (χ1) is 9.06. The van der Waals surface area contributed by atoms with Crippen molar-refractivity contribution in [3.63, 3.8) is 0 Å². The second-order valence-corrected chi connectivity index (χ2v) is 5.54. The summed E-state index contributed by atoms with van der Waals surface area (Å²) >= 11 is 3.29. The Morgan fingerprint density at radius 3 is 2.68 bits per heavy atom. The molecule has 2 rings (SSSR count). The van der Waals surface area contributed by atoms with Crippen LogP contribution in [0.25, 0.3) is 6.08 Å². The van der Waals surface area contributed by atoms with Crippen LogP contribution in [-0.2, 0) is 4.79 Å². The van der Waals surface area contributed by atoms with E-state index in [0.29, 0.717) is 5.56 Å². The van der Waals surface area contributed by atoms with Gasteiger partial charge in [-0.1, -0.05) is 15.9 Å². The molecule has 0 unspecified atom stereocenters. The molecule has 1 heterocycles. The number of amides is 1. The summed E-state index contributed by atoms with van der Waals surface area (Å²) in [6, 6.07) is 4.67. The van der Waals surface area contributed by atoms with Gasteiger partial charge in [0.15, 0.2) is 0 Å². The van der Waals surface area contributed by atoms with Gasteiger partial charge in [-0.05, 0) is 31.3 Å². The Morgan fingerprint density at radius 1 is 1.32 bits per heavy atom. The molecule has 0 aromatic heterocycles. The number of piperazine rings is 1. The molecule has 1 amide bonds. The predicted octanol–water partition coefficient (Wildman–Crippen LogP) is 2.38. The molecule has 1 aromatic carbocycles. The number of benzene rings is 1. The van der Waals surface area contributed by atoms with E-state index in [4.69, 9.17) is 0 Å². The van der Waals surface area contributed by atoms with Gasteiger partial charge in [-0.15, -0.1) is 0 Å². The van der Waals surface area contributed by atoms with Crippen molar-refractivity contribution in [2.24, 2.45) is 0 Å². The fourth-order valence-electron chi connectivity index (χ4n) is 1.94. The smallest absolute Gasteiger partial charge is 0.246 e. The van der Waals surface area contributed by atoms with Crippen molar-refractivity contribution >= 4 is 27.9 Å². The lowest BCUT2D eigenvalue weighted by Crippen LogP contribution is -2.46. The van der Waals surface area contributed by atoms with Crippen molar-refractivity contribution in [2.75, 3.05) is 33.2 Å². The maximum Gasteiger partial charge on any atom is 0.246 e. The summed E-state index contributed by atoms with van der Waals surface area (Å²) in [6.45, 7) is 3.21. The quantitative estimate of drug-likeness (QED) is 0.779. The van der Waals surface area contributed by atoms with Crippen LogP contribution < -0.4 is 0 Å². The fraction of sp³-hybridized carbons (Fsp3) is 0.357. The number of likely N-dealkylation sites (N-methyl/N-ethyl adjacent to an activating group) is 1. The molecule has 0 radical (unpaired) electrons. The SMILES string of the molecule is CN1CCN(C(=O)/C=C/c2cc(Br)ccc2F)CC1. The predicted molar refractivity (Wildman–Crippen MR) is 77.2 cm³/mol. The highest BCUT2D eigenvalue weighted by Gasteiger charge is 2.16. The average molecular weight is 327 g/mol. The number of hydrogen-bond acceptors (Lipinski definition) is 2. The minimum Gasteiger partial charge on any atom is -0.337 e. The zero-order chi connectivity index (χ0) is 13.8. The fourth-order valence-corrected chi connectivity index (χ4v) is 2.31. The first-order valence-electron chi connectivity index (χ1n) is 6.17. The van der Waals surface area contributed by atoms with E-state index in [2.05, 4.69) is 20.8 Å². The monoisotopic (exact) mass is 326 g/mol. The second kappa shape index (κ2) is 6.30. The van der Waals surface area contributed by atoms with Gasteiger partial charge >= 0.3 is 0 Å². The third-order valence-corrected chi connectivity index (χ3v) is 3.67. The Labute approximate surface area is 120 Å². The summed E-state index contributed by atoms with van der Waals surface area (Å²) in [6.07, 6.45) is 2.97. The lowest BCUT2D eigenvalue weighted by Gasteiger charge is -2.31. The van der Waals surface area contributed by atoms with Crippen LogP contribution in [0.15, 0.2) is 28.7 Å². The Hall–Kier alpha value is -1.20. The maximum absolute atomic E-state index is 13.5. The van der Waals surface area contributed by atoms with Gasteiger partial charge < -0.3 is 9.80 Å². The molecule has 1 fully saturated rings. The molecule has 0 N–H and O–H groups in total. The minimum atomic E-state index is -0.328. The number of halogens is 2. The van der Waals surface area contributed by atoms with E-state index in [1.807, 2.05) is 7.05 Å². The molecule has 0 aliphatic carbocycles. The van der Waals surface area contributed by atoms with E-state index < -0.39 is 0 Å². The molecular formula is C14H16BrFN2O. The van der Waals surface area contributed by atoms with Gasteiger partial charge in [0.05, 0.1) is 0 Å². The third kappa shape index (κ3) is 3.88. The maximum atomic E-state index is 13.5. The molecule has 0 spiro atoms. The van der Waals surface area contributed by atoms with Crippen LogP contribution >= 0.6 is 15.9 Å². The van der Waals surface area contributed by atoms with Crippen molar-refractivity contribution in [3.05, 3.63) is 40.1 Å². The van der Waals surface area contributed by atoms with Crippen molar-refractivity contribution in [2.45, 2.75) is 0 Å². The van der Waals surface area contributed by atoms with E-state index in [0.717, 1.165) is 30.7 Å².